The number of nitrogens with one attached hydrogen (secondary N) is 1. The van der Waals surface area contributed by atoms with E-state index < -0.39 is 32.8 Å². The molecule has 9 nitrogen and oxygen atoms in total. The van der Waals surface area contributed by atoms with E-state index in [9.17, 15) is 27.2 Å². The number of sulfone groups is 1. The highest BCUT2D eigenvalue weighted by Crippen LogP contribution is 2.19. The number of hydrogen-bond acceptors (Lipinski definition) is 6. The van der Waals surface area contributed by atoms with Crippen molar-refractivity contribution in [3.63, 3.8) is 0 Å². The number of hydrogen-bond donors (Lipinski definition) is 1. The summed E-state index contributed by atoms with van der Waals surface area (Å²) in [5, 5.41) is 0.277. The molecule has 11 heteroatoms. The van der Waals surface area contributed by atoms with E-state index in [4.69, 9.17) is 4.42 Å². The maximum Gasteiger partial charge on any atom is 0.288 e. The summed E-state index contributed by atoms with van der Waals surface area (Å²) in [5.41, 5.74) is 1.47. The summed E-state index contributed by atoms with van der Waals surface area (Å²) in [4.78, 5) is 41.4. The molecule has 1 aliphatic heterocycles. The van der Waals surface area contributed by atoms with Crippen LogP contribution >= 0.6 is 0 Å². The summed E-state index contributed by atoms with van der Waals surface area (Å²) in [5.74, 6) is -2.76. The molecule has 0 unspecified atom stereocenters. The molecule has 1 N–H and O–H groups in total. The third kappa shape index (κ3) is 5.30. The first-order chi connectivity index (χ1) is 17.2. The Hall–Kier alpha value is -3.99. The first kappa shape index (κ1) is 25.1. The standard InChI is InChI=1S/C25H24FN3O6S/c1-17-4-2-5-18(16-17)24(31)28-11-13-29(14-12-28)25(32)23(27-22(30)21-6-3-15-35-21)36(33,34)20-9-7-19(26)8-10-20/h2-10,15-16,23H,11-14H2,1H3,(H,27,30)/t23-/m1/s1. The van der Waals surface area contributed by atoms with E-state index in [2.05, 4.69) is 5.32 Å². The minimum Gasteiger partial charge on any atom is -0.459 e. The Balaban J connectivity index is 1.53. The van der Waals surface area contributed by atoms with Crippen LogP contribution in [0.1, 0.15) is 26.5 Å². The minimum absolute atomic E-state index is 0.0719. The molecule has 2 heterocycles. The van der Waals surface area contributed by atoms with E-state index >= 15 is 0 Å². The van der Waals surface area contributed by atoms with Crippen molar-refractivity contribution >= 4 is 27.6 Å². The fourth-order valence-corrected chi connectivity index (χ4v) is 5.35. The molecule has 4 rings (SSSR count). The van der Waals surface area contributed by atoms with Crippen LogP contribution < -0.4 is 5.32 Å². The molecule has 0 spiro atoms. The Labute approximate surface area is 207 Å². The van der Waals surface area contributed by atoms with Gasteiger partial charge in [0.05, 0.1) is 11.2 Å². The van der Waals surface area contributed by atoms with E-state index in [1.54, 1.807) is 23.1 Å². The highest BCUT2D eigenvalue weighted by atomic mass is 32.2. The molecule has 36 heavy (non-hydrogen) atoms. The number of amides is 3. The summed E-state index contributed by atoms with van der Waals surface area (Å²) in [7, 11) is -4.44. The van der Waals surface area contributed by atoms with Gasteiger partial charge in [-0.1, -0.05) is 17.7 Å². The van der Waals surface area contributed by atoms with E-state index in [1.807, 2.05) is 13.0 Å². The van der Waals surface area contributed by atoms with Crippen molar-refractivity contribution in [2.24, 2.45) is 0 Å². The van der Waals surface area contributed by atoms with Gasteiger partial charge in [-0.05, 0) is 55.5 Å². The second-order valence-corrected chi connectivity index (χ2v) is 10.3. The molecule has 0 aliphatic carbocycles. The smallest absolute Gasteiger partial charge is 0.288 e. The first-order valence-electron chi connectivity index (χ1n) is 11.2. The molecule has 3 aromatic rings. The van der Waals surface area contributed by atoms with Crippen molar-refractivity contribution in [1.29, 1.82) is 0 Å². The van der Waals surface area contributed by atoms with Gasteiger partial charge in [-0.25, -0.2) is 12.8 Å². The van der Waals surface area contributed by atoms with Crippen LogP contribution in [-0.4, -0.2) is 67.5 Å². The highest BCUT2D eigenvalue weighted by Gasteiger charge is 2.40. The van der Waals surface area contributed by atoms with Crippen molar-refractivity contribution in [3.8, 4) is 0 Å². The zero-order chi connectivity index (χ0) is 25.9. The maximum absolute atomic E-state index is 13.4. The predicted molar refractivity (Wildman–Crippen MR) is 127 cm³/mol. The SMILES string of the molecule is Cc1cccc(C(=O)N2CCN(C(=O)[C@H](NC(=O)c3ccco3)S(=O)(=O)c3ccc(F)cc3)CC2)c1. The summed E-state index contributed by atoms with van der Waals surface area (Å²) in [6.45, 7) is 2.40. The Morgan fingerprint density at radius 1 is 0.944 bits per heavy atom. The topological polar surface area (TPSA) is 117 Å². The lowest BCUT2D eigenvalue weighted by Gasteiger charge is -2.36. The summed E-state index contributed by atoms with van der Waals surface area (Å²) in [6, 6.07) is 13.9. The molecule has 0 radical (unpaired) electrons. The van der Waals surface area contributed by atoms with Crippen LogP contribution in [0.5, 0.6) is 0 Å². The van der Waals surface area contributed by atoms with Crippen molar-refractivity contribution < 1.29 is 31.6 Å². The molecule has 1 aromatic heterocycles. The van der Waals surface area contributed by atoms with Crippen molar-refractivity contribution in [3.05, 3.63) is 89.6 Å². The number of carbonyl (C=O) groups is 3. The van der Waals surface area contributed by atoms with Gasteiger partial charge >= 0.3 is 0 Å². The van der Waals surface area contributed by atoms with Gasteiger partial charge in [-0.3, -0.25) is 14.4 Å². The molecule has 0 saturated carbocycles. The Bertz CT molecular complexity index is 1370. The molecule has 188 valence electrons. The maximum atomic E-state index is 13.4. The van der Waals surface area contributed by atoms with Crippen LogP contribution in [-0.2, 0) is 14.6 Å². The van der Waals surface area contributed by atoms with Gasteiger partial charge in [0, 0.05) is 31.7 Å². The lowest BCUT2D eigenvalue weighted by molar-refractivity contribution is -0.132. The number of rotatable bonds is 6. The van der Waals surface area contributed by atoms with Crippen LogP contribution in [0, 0.1) is 12.7 Å². The predicted octanol–water partition coefficient (Wildman–Crippen LogP) is 2.24. The van der Waals surface area contributed by atoms with Gasteiger partial charge in [0.1, 0.15) is 5.82 Å². The average molecular weight is 514 g/mol. The molecule has 2 aromatic carbocycles. The number of nitrogens with zero attached hydrogens (tertiary/aromatic N) is 2. The molecule has 0 bridgehead atoms. The van der Waals surface area contributed by atoms with E-state index in [0.29, 0.717) is 5.56 Å². The largest absolute Gasteiger partial charge is 0.459 e. The minimum atomic E-state index is -4.44. The van der Waals surface area contributed by atoms with Crippen LogP contribution in [0.15, 0.2) is 76.2 Å². The third-order valence-electron chi connectivity index (χ3n) is 5.83. The van der Waals surface area contributed by atoms with Crippen molar-refractivity contribution in [2.75, 3.05) is 26.2 Å². The van der Waals surface area contributed by atoms with Gasteiger partial charge in [0.15, 0.2) is 5.76 Å². The van der Waals surface area contributed by atoms with Crippen LogP contribution in [0.2, 0.25) is 0 Å². The van der Waals surface area contributed by atoms with Gasteiger partial charge in [0.2, 0.25) is 15.2 Å². The number of halogens is 1. The summed E-state index contributed by atoms with van der Waals surface area (Å²) < 4.78 is 45.1. The molecule has 3 amide bonds. The highest BCUT2D eigenvalue weighted by molar-refractivity contribution is 7.92. The lowest BCUT2D eigenvalue weighted by atomic mass is 10.1. The molecule has 1 fully saturated rings. The first-order valence-corrected chi connectivity index (χ1v) is 12.7. The number of carbonyl (C=O) groups excluding carboxylic acids is 3. The summed E-state index contributed by atoms with van der Waals surface area (Å²) in [6.07, 6.45) is 1.24. The normalized spacial score (nSPS) is 14.8. The fourth-order valence-electron chi connectivity index (χ4n) is 3.89. The Kier molecular flexibility index (Phi) is 7.20. The number of benzene rings is 2. The zero-order valence-corrected chi connectivity index (χ0v) is 20.2. The van der Waals surface area contributed by atoms with Gasteiger partial charge in [-0.2, -0.15) is 0 Å². The van der Waals surface area contributed by atoms with Gasteiger partial charge in [-0.15, -0.1) is 0 Å². The lowest BCUT2D eigenvalue weighted by Crippen LogP contribution is -2.57. The van der Waals surface area contributed by atoms with Crippen molar-refractivity contribution in [1.82, 2.24) is 15.1 Å². The second kappa shape index (κ2) is 10.3. The molecular formula is C25H24FN3O6S. The van der Waals surface area contributed by atoms with E-state index in [0.717, 1.165) is 29.8 Å². The average Bonchev–Trinajstić information content (AvgIpc) is 3.42. The Morgan fingerprint density at radius 3 is 2.22 bits per heavy atom. The van der Waals surface area contributed by atoms with E-state index in [1.165, 1.54) is 23.3 Å². The van der Waals surface area contributed by atoms with Crippen LogP contribution in [0.3, 0.4) is 0 Å². The number of aryl methyl sites for hydroxylation is 1. The van der Waals surface area contributed by atoms with Gasteiger partial charge < -0.3 is 19.5 Å². The number of furan rings is 1. The zero-order valence-electron chi connectivity index (χ0n) is 19.4. The molecule has 1 saturated heterocycles. The van der Waals surface area contributed by atoms with Gasteiger partial charge in [0.25, 0.3) is 17.7 Å². The summed E-state index contributed by atoms with van der Waals surface area (Å²) >= 11 is 0. The quantitative estimate of drug-likeness (QED) is 0.506. The third-order valence-corrected chi connectivity index (χ3v) is 7.70. The number of piperazine rings is 1. The fraction of sp³-hybridized carbons (Fsp3) is 0.240. The van der Waals surface area contributed by atoms with Crippen molar-refractivity contribution in [2.45, 2.75) is 17.2 Å². The molecular weight excluding hydrogens is 489 g/mol. The van der Waals surface area contributed by atoms with Crippen LogP contribution in [0.25, 0.3) is 0 Å². The molecule has 1 aliphatic rings. The second-order valence-electron chi connectivity index (χ2n) is 8.32. The Morgan fingerprint density at radius 2 is 1.61 bits per heavy atom. The van der Waals surface area contributed by atoms with E-state index in [-0.39, 0.29) is 42.7 Å². The monoisotopic (exact) mass is 513 g/mol. The van der Waals surface area contributed by atoms with Crippen LogP contribution in [0.4, 0.5) is 4.39 Å². The molecule has 1 atom stereocenters.